The summed E-state index contributed by atoms with van der Waals surface area (Å²) < 4.78 is 44.5. The van der Waals surface area contributed by atoms with Gasteiger partial charge < -0.3 is 42.8 Å². The van der Waals surface area contributed by atoms with Crippen LogP contribution in [0.1, 0.15) is 96.1 Å². The standard InChI is InChI=1S/C40H67NO9/c1-39(2,3)50-37(42)27-47-24-23-46-22-21-45-20-19-41(5)18-10-8-9-11-30-25-31-26-32(48-28-43-6)12-13-33(31)34-16-17-40(4)35(38(30)34)14-15-36(40)49-29-44-7/h12-13,26,30,34-36,38H,8-11,14-25,27-29H2,1-7H3/t30-,34-,35+,36+,38-,40+/m1/s1. The molecule has 6 atom stereocenters. The quantitative estimate of drug-likeness (QED) is 0.0703. The van der Waals surface area contributed by atoms with Gasteiger partial charge >= 0.3 is 5.97 Å². The van der Waals surface area contributed by atoms with E-state index in [4.69, 9.17) is 37.9 Å². The van der Waals surface area contributed by atoms with E-state index in [-0.39, 0.29) is 24.8 Å². The van der Waals surface area contributed by atoms with E-state index < -0.39 is 5.60 Å². The first-order valence-electron chi connectivity index (χ1n) is 19.0. The Hall–Kier alpha value is -1.79. The zero-order valence-electron chi connectivity index (χ0n) is 32.2. The highest BCUT2D eigenvalue weighted by Gasteiger charge is 2.57. The molecule has 0 radical (unpaired) electrons. The summed E-state index contributed by atoms with van der Waals surface area (Å²) in [7, 11) is 5.58. The van der Waals surface area contributed by atoms with Gasteiger partial charge in [-0.05, 0) is 132 Å². The van der Waals surface area contributed by atoms with E-state index in [1.807, 2.05) is 20.8 Å². The number of nitrogens with zero attached hydrogens (tertiary/aromatic N) is 1. The summed E-state index contributed by atoms with van der Waals surface area (Å²) in [6, 6.07) is 6.78. The lowest BCUT2D eigenvalue weighted by Crippen LogP contribution is -2.47. The van der Waals surface area contributed by atoms with Gasteiger partial charge in [0, 0.05) is 20.8 Å². The first kappa shape index (κ1) is 41.0. The zero-order valence-corrected chi connectivity index (χ0v) is 32.2. The van der Waals surface area contributed by atoms with Crippen molar-refractivity contribution >= 4 is 5.97 Å². The minimum absolute atomic E-state index is 0.0578. The fourth-order valence-electron chi connectivity index (χ4n) is 8.90. The first-order chi connectivity index (χ1) is 24.1. The van der Waals surface area contributed by atoms with E-state index in [0.717, 1.165) is 31.7 Å². The molecular formula is C40H67NO9. The molecule has 1 aromatic rings. The van der Waals surface area contributed by atoms with E-state index in [0.29, 0.717) is 69.6 Å². The van der Waals surface area contributed by atoms with Crippen LogP contribution in [-0.4, -0.2) is 110 Å². The number of ether oxygens (including phenoxy) is 8. The third-order valence-electron chi connectivity index (χ3n) is 11.1. The van der Waals surface area contributed by atoms with Crippen molar-refractivity contribution in [2.75, 3.05) is 87.6 Å². The van der Waals surface area contributed by atoms with Gasteiger partial charge in [0.05, 0.1) is 39.1 Å². The minimum Gasteiger partial charge on any atom is -0.468 e. The number of hydrogen-bond acceptors (Lipinski definition) is 10. The molecule has 0 N–H and O–H groups in total. The van der Waals surface area contributed by atoms with Crippen molar-refractivity contribution in [1.82, 2.24) is 4.90 Å². The van der Waals surface area contributed by atoms with Crippen LogP contribution in [-0.2, 0) is 44.4 Å². The Labute approximate surface area is 302 Å². The van der Waals surface area contributed by atoms with Gasteiger partial charge in [-0.2, -0.15) is 0 Å². The molecular weight excluding hydrogens is 638 g/mol. The number of hydrogen-bond donors (Lipinski definition) is 0. The third-order valence-corrected chi connectivity index (χ3v) is 11.1. The van der Waals surface area contributed by atoms with Gasteiger partial charge in [0.15, 0.2) is 6.79 Å². The summed E-state index contributed by atoms with van der Waals surface area (Å²) in [5.41, 5.74) is 2.76. The molecule has 0 amide bonds. The smallest absolute Gasteiger partial charge is 0.332 e. The molecule has 0 unspecified atom stereocenters. The monoisotopic (exact) mass is 705 g/mol. The molecule has 50 heavy (non-hydrogen) atoms. The molecule has 4 rings (SSSR count). The SMILES string of the molecule is COCOc1ccc2c(c1)C[C@@H](CCCCCN(C)CCOCCOCCOCC(=O)OC(C)(C)C)[C@@H]1[C@@H]2CC[C@]2(C)[C@@H](OCOC)CC[C@@H]12. The molecule has 10 heteroatoms. The number of esters is 1. The van der Waals surface area contributed by atoms with Crippen molar-refractivity contribution < 1.29 is 42.7 Å². The van der Waals surface area contributed by atoms with Crippen LogP contribution in [0.15, 0.2) is 18.2 Å². The van der Waals surface area contributed by atoms with Gasteiger partial charge in [0.25, 0.3) is 0 Å². The second-order valence-electron chi connectivity index (χ2n) is 15.9. The lowest BCUT2D eigenvalue weighted by Gasteiger charge is -2.53. The number of carbonyl (C=O) groups excluding carboxylic acids is 1. The van der Waals surface area contributed by atoms with Crippen LogP contribution in [0, 0.1) is 23.2 Å². The predicted octanol–water partition coefficient (Wildman–Crippen LogP) is 6.62. The van der Waals surface area contributed by atoms with Crippen molar-refractivity contribution in [2.45, 2.75) is 103 Å². The maximum atomic E-state index is 11.7. The lowest BCUT2D eigenvalue weighted by atomic mass is 9.52. The highest BCUT2D eigenvalue weighted by Crippen LogP contribution is 2.63. The number of unbranched alkanes of at least 4 members (excludes halogenated alkanes) is 2. The van der Waals surface area contributed by atoms with E-state index in [1.165, 1.54) is 50.5 Å². The molecule has 0 saturated heterocycles. The molecule has 0 heterocycles. The van der Waals surface area contributed by atoms with Crippen molar-refractivity contribution in [3.8, 4) is 5.75 Å². The van der Waals surface area contributed by atoms with Gasteiger partial charge in [-0.25, -0.2) is 4.79 Å². The molecule has 2 saturated carbocycles. The van der Waals surface area contributed by atoms with Gasteiger partial charge in [-0.3, -0.25) is 0 Å². The maximum absolute atomic E-state index is 11.7. The maximum Gasteiger partial charge on any atom is 0.332 e. The van der Waals surface area contributed by atoms with Crippen molar-refractivity contribution in [3.05, 3.63) is 29.3 Å². The van der Waals surface area contributed by atoms with Crippen LogP contribution in [0.5, 0.6) is 5.75 Å². The van der Waals surface area contributed by atoms with Gasteiger partial charge in [-0.15, -0.1) is 0 Å². The van der Waals surface area contributed by atoms with E-state index in [2.05, 4.69) is 37.1 Å². The molecule has 0 aromatic heterocycles. The summed E-state index contributed by atoms with van der Waals surface area (Å²) in [5.74, 6) is 3.26. The van der Waals surface area contributed by atoms with E-state index >= 15 is 0 Å². The second-order valence-corrected chi connectivity index (χ2v) is 15.9. The van der Waals surface area contributed by atoms with Crippen LogP contribution in [0.4, 0.5) is 0 Å². The van der Waals surface area contributed by atoms with Crippen LogP contribution >= 0.6 is 0 Å². The predicted molar refractivity (Wildman–Crippen MR) is 193 cm³/mol. The Kier molecular flexibility index (Phi) is 16.8. The van der Waals surface area contributed by atoms with Crippen LogP contribution < -0.4 is 4.74 Å². The Morgan fingerprint density at radius 1 is 0.900 bits per heavy atom. The molecule has 0 spiro atoms. The fraction of sp³-hybridized carbons (Fsp3) is 0.825. The number of methoxy groups -OCH3 is 2. The van der Waals surface area contributed by atoms with Crippen molar-refractivity contribution in [2.24, 2.45) is 23.2 Å². The second kappa shape index (κ2) is 20.5. The highest BCUT2D eigenvalue weighted by molar-refractivity contribution is 5.71. The number of rotatable bonds is 23. The number of carbonyl (C=O) groups is 1. The van der Waals surface area contributed by atoms with E-state index in [1.54, 1.807) is 19.8 Å². The molecule has 1 aromatic carbocycles. The Morgan fingerprint density at radius 3 is 2.38 bits per heavy atom. The lowest BCUT2D eigenvalue weighted by molar-refractivity contribution is -0.160. The fourth-order valence-corrected chi connectivity index (χ4v) is 8.90. The summed E-state index contributed by atoms with van der Waals surface area (Å²) in [6.07, 6.45) is 11.3. The number of benzene rings is 1. The Bertz CT molecular complexity index is 1140. The highest BCUT2D eigenvalue weighted by atomic mass is 16.7. The van der Waals surface area contributed by atoms with Crippen molar-refractivity contribution in [1.29, 1.82) is 0 Å². The topological polar surface area (TPSA) is 94.2 Å². The number of fused-ring (bicyclic) bond motifs is 5. The Morgan fingerprint density at radius 2 is 1.64 bits per heavy atom. The Balaban J connectivity index is 1.16. The molecule has 3 aliphatic carbocycles. The number of likely N-dealkylation sites (N-methyl/N-ethyl adjacent to an activating group) is 1. The summed E-state index contributed by atoms with van der Waals surface area (Å²) in [6.45, 7) is 13.1. The van der Waals surface area contributed by atoms with Gasteiger partial charge in [0.1, 0.15) is 24.8 Å². The minimum atomic E-state index is -0.499. The average molecular weight is 706 g/mol. The average Bonchev–Trinajstić information content (AvgIpc) is 3.41. The van der Waals surface area contributed by atoms with Crippen LogP contribution in [0.25, 0.3) is 0 Å². The molecule has 286 valence electrons. The van der Waals surface area contributed by atoms with Crippen LogP contribution in [0.3, 0.4) is 0 Å². The largest absolute Gasteiger partial charge is 0.468 e. The summed E-state index contributed by atoms with van der Waals surface area (Å²) >= 11 is 0. The van der Waals surface area contributed by atoms with Gasteiger partial charge in [0.2, 0.25) is 0 Å². The molecule has 10 nitrogen and oxygen atoms in total. The molecule has 2 fully saturated rings. The van der Waals surface area contributed by atoms with Gasteiger partial charge in [-0.1, -0.05) is 25.8 Å². The molecule has 0 bridgehead atoms. The first-order valence-corrected chi connectivity index (χ1v) is 19.0. The normalized spacial score (nSPS) is 26.0. The van der Waals surface area contributed by atoms with E-state index in [9.17, 15) is 4.79 Å². The zero-order chi connectivity index (χ0) is 36.0. The molecule has 3 aliphatic rings. The summed E-state index contributed by atoms with van der Waals surface area (Å²) in [5, 5.41) is 0. The molecule has 0 aliphatic heterocycles. The van der Waals surface area contributed by atoms with Crippen LogP contribution in [0.2, 0.25) is 0 Å². The third kappa shape index (κ3) is 12.1. The summed E-state index contributed by atoms with van der Waals surface area (Å²) in [4.78, 5) is 14.0. The van der Waals surface area contributed by atoms with Crippen molar-refractivity contribution in [3.63, 3.8) is 0 Å².